The van der Waals surface area contributed by atoms with Gasteiger partial charge in [0.05, 0.1) is 12.4 Å². The molecule has 6 heteroatoms. The summed E-state index contributed by atoms with van der Waals surface area (Å²) in [6.45, 7) is 12.3. The van der Waals surface area contributed by atoms with E-state index in [0.29, 0.717) is 25.6 Å². The van der Waals surface area contributed by atoms with E-state index < -0.39 is 8.80 Å². The van der Waals surface area contributed by atoms with Crippen LogP contribution in [0, 0.1) is 0 Å². The Balaban J connectivity index is 4.25. The zero-order chi connectivity index (χ0) is 13.3. The Morgan fingerprint density at radius 3 is 2.06 bits per heavy atom. The average molecular weight is 262 g/mol. The summed E-state index contributed by atoms with van der Waals surface area (Å²) in [4.78, 5) is 11.2. The molecule has 0 aromatic rings. The highest BCUT2D eigenvalue weighted by atomic mass is 28.4. The maximum atomic E-state index is 11.2. The second-order valence-electron chi connectivity index (χ2n) is 3.35. The molecule has 17 heavy (non-hydrogen) atoms. The molecule has 100 valence electrons. The van der Waals surface area contributed by atoms with E-state index >= 15 is 0 Å². The molecule has 0 spiro atoms. The number of rotatable bonds is 9. The molecule has 0 aliphatic carbocycles. The van der Waals surface area contributed by atoms with Crippen LogP contribution >= 0.6 is 0 Å². The zero-order valence-corrected chi connectivity index (χ0v) is 12.1. The number of carbonyl (C=O) groups excluding carboxylic acids is 1. The standard InChI is InChI=1S/C11H22O5Si/c1-6-13-11(12)9-10(4)16-17(5,14-7-2)15-8-3/h4,6-9H2,1-3,5H3. The van der Waals surface area contributed by atoms with Crippen LogP contribution in [0.1, 0.15) is 27.2 Å². The molecule has 0 radical (unpaired) electrons. The molecule has 0 aliphatic rings. The summed E-state index contributed by atoms with van der Waals surface area (Å²) >= 11 is 0. The van der Waals surface area contributed by atoms with Crippen LogP contribution in [-0.4, -0.2) is 34.6 Å². The molecular weight excluding hydrogens is 240 g/mol. The zero-order valence-electron chi connectivity index (χ0n) is 11.1. The van der Waals surface area contributed by atoms with Crippen molar-refractivity contribution in [3.05, 3.63) is 12.3 Å². The van der Waals surface area contributed by atoms with E-state index in [9.17, 15) is 4.79 Å². The van der Waals surface area contributed by atoms with Gasteiger partial charge < -0.3 is 18.0 Å². The van der Waals surface area contributed by atoms with Gasteiger partial charge in [0.2, 0.25) is 0 Å². The second-order valence-corrected chi connectivity index (χ2v) is 5.86. The van der Waals surface area contributed by atoms with Crippen molar-refractivity contribution in [2.45, 2.75) is 33.7 Å². The van der Waals surface area contributed by atoms with E-state index in [1.807, 2.05) is 13.8 Å². The van der Waals surface area contributed by atoms with Crippen LogP contribution in [-0.2, 0) is 22.8 Å². The fourth-order valence-electron chi connectivity index (χ4n) is 1.30. The molecule has 0 aliphatic heterocycles. The van der Waals surface area contributed by atoms with Gasteiger partial charge in [-0.15, -0.1) is 0 Å². The Bertz CT molecular complexity index is 248. The smallest absolute Gasteiger partial charge is 0.505 e. The van der Waals surface area contributed by atoms with Gasteiger partial charge in [0, 0.05) is 19.8 Å². The third-order valence-electron chi connectivity index (χ3n) is 1.79. The molecule has 0 saturated heterocycles. The van der Waals surface area contributed by atoms with Crippen molar-refractivity contribution in [2.75, 3.05) is 19.8 Å². The first-order chi connectivity index (χ1) is 7.97. The predicted molar refractivity (Wildman–Crippen MR) is 66.3 cm³/mol. The molecule has 0 fully saturated rings. The summed E-state index contributed by atoms with van der Waals surface area (Å²) in [7, 11) is -2.71. The number of esters is 1. The Hall–Kier alpha value is -0.853. The summed E-state index contributed by atoms with van der Waals surface area (Å²) in [6.07, 6.45) is 0.0244. The minimum absolute atomic E-state index is 0.0244. The first-order valence-corrected chi connectivity index (χ1v) is 8.00. The van der Waals surface area contributed by atoms with Gasteiger partial charge in [-0.05, 0) is 20.8 Å². The van der Waals surface area contributed by atoms with Gasteiger partial charge in [0.15, 0.2) is 0 Å². The largest absolute Gasteiger partial charge is 0.562 e. The van der Waals surface area contributed by atoms with E-state index in [4.69, 9.17) is 18.0 Å². The Morgan fingerprint density at radius 2 is 1.65 bits per heavy atom. The normalized spacial score (nSPS) is 11.1. The molecule has 0 heterocycles. The van der Waals surface area contributed by atoms with Crippen LogP contribution in [0.2, 0.25) is 6.55 Å². The third kappa shape index (κ3) is 7.14. The molecule has 0 bridgehead atoms. The molecule has 0 saturated carbocycles. The first-order valence-electron chi connectivity index (χ1n) is 5.77. The molecule has 5 nitrogen and oxygen atoms in total. The SMILES string of the molecule is C=C(CC(=O)OCC)O[Si](C)(OCC)OCC. The van der Waals surface area contributed by atoms with Crippen LogP contribution in [0.3, 0.4) is 0 Å². The highest BCUT2D eigenvalue weighted by Gasteiger charge is 2.37. The van der Waals surface area contributed by atoms with Gasteiger partial charge in [0.25, 0.3) is 0 Å². The van der Waals surface area contributed by atoms with E-state index in [2.05, 4.69) is 6.58 Å². The maximum absolute atomic E-state index is 11.2. The van der Waals surface area contributed by atoms with Crippen LogP contribution in [0.5, 0.6) is 0 Å². The van der Waals surface area contributed by atoms with Crippen molar-refractivity contribution in [2.24, 2.45) is 0 Å². The van der Waals surface area contributed by atoms with Crippen molar-refractivity contribution in [1.82, 2.24) is 0 Å². The predicted octanol–water partition coefficient (Wildman–Crippen LogP) is 2.11. The Kier molecular flexibility index (Phi) is 7.85. The lowest BCUT2D eigenvalue weighted by atomic mass is 10.4. The van der Waals surface area contributed by atoms with E-state index in [0.717, 1.165) is 0 Å². The van der Waals surface area contributed by atoms with Crippen LogP contribution in [0.25, 0.3) is 0 Å². The molecule has 0 amide bonds. The Morgan fingerprint density at radius 1 is 1.12 bits per heavy atom. The molecule has 0 rings (SSSR count). The summed E-state index contributed by atoms with van der Waals surface area (Å²) in [5, 5.41) is 0. The van der Waals surface area contributed by atoms with Crippen molar-refractivity contribution in [1.29, 1.82) is 0 Å². The number of ether oxygens (including phenoxy) is 1. The van der Waals surface area contributed by atoms with Crippen LogP contribution in [0.15, 0.2) is 12.3 Å². The van der Waals surface area contributed by atoms with Gasteiger partial charge in [-0.2, -0.15) is 0 Å². The van der Waals surface area contributed by atoms with Gasteiger partial charge in [-0.1, -0.05) is 6.58 Å². The van der Waals surface area contributed by atoms with E-state index in [-0.39, 0.29) is 12.4 Å². The molecule has 0 aromatic carbocycles. The minimum atomic E-state index is -2.71. The highest BCUT2D eigenvalue weighted by molar-refractivity contribution is 6.59. The first kappa shape index (κ1) is 16.1. The number of hydrogen-bond donors (Lipinski definition) is 0. The monoisotopic (exact) mass is 262 g/mol. The van der Waals surface area contributed by atoms with E-state index in [1.165, 1.54) is 0 Å². The summed E-state index contributed by atoms with van der Waals surface area (Å²) in [5.41, 5.74) is 0. The topological polar surface area (TPSA) is 54.0 Å². The number of hydrogen-bond acceptors (Lipinski definition) is 5. The fourth-order valence-corrected chi connectivity index (χ4v) is 3.14. The van der Waals surface area contributed by atoms with Crippen molar-refractivity contribution in [3.63, 3.8) is 0 Å². The molecule has 0 atom stereocenters. The molecule has 0 N–H and O–H groups in total. The minimum Gasteiger partial charge on any atom is -0.505 e. The van der Waals surface area contributed by atoms with Crippen LogP contribution in [0.4, 0.5) is 0 Å². The van der Waals surface area contributed by atoms with Gasteiger partial charge >= 0.3 is 14.8 Å². The van der Waals surface area contributed by atoms with Crippen molar-refractivity contribution >= 4 is 14.8 Å². The number of carbonyl (C=O) groups is 1. The highest BCUT2D eigenvalue weighted by Crippen LogP contribution is 2.15. The third-order valence-corrected chi connectivity index (χ3v) is 4.08. The maximum Gasteiger partial charge on any atom is 0.562 e. The average Bonchev–Trinajstić information content (AvgIpc) is 2.17. The summed E-state index contributed by atoms with van der Waals surface area (Å²) in [5.74, 6) is -0.0404. The summed E-state index contributed by atoms with van der Waals surface area (Å²) < 4.78 is 21.3. The lowest BCUT2D eigenvalue weighted by Crippen LogP contribution is -2.42. The fraction of sp³-hybridized carbons (Fsp3) is 0.727. The van der Waals surface area contributed by atoms with Crippen molar-refractivity contribution < 1.29 is 22.8 Å². The molecule has 0 unspecified atom stereocenters. The van der Waals surface area contributed by atoms with E-state index in [1.54, 1.807) is 13.5 Å². The van der Waals surface area contributed by atoms with Gasteiger partial charge in [0.1, 0.15) is 6.42 Å². The van der Waals surface area contributed by atoms with Gasteiger partial charge in [-0.3, -0.25) is 4.79 Å². The second kappa shape index (κ2) is 8.27. The van der Waals surface area contributed by atoms with Crippen molar-refractivity contribution in [3.8, 4) is 0 Å². The molecule has 0 aromatic heterocycles. The quantitative estimate of drug-likeness (QED) is 0.362. The van der Waals surface area contributed by atoms with Crippen LogP contribution < -0.4 is 0 Å². The summed E-state index contributed by atoms with van der Waals surface area (Å²) in [6, 6.07) is 0. The lowest BCUT2D eigenvalue weighted by Gasteiger charge is -2.26. The van der Waals surface area contributed by atoms with Gasteiger partial charge in [-0.25, -0.2) is 0 Å². The Labute approximate surface area is 104 Å². The molecular formula is C11H22O5Si. The lowest BCUT2D eigenvalue weighted by molar-refractivity contribution is -0.142.